The average Bonchev–Trinajstić information content (AvgIpc) is 3.66. The van der Waals surface area contributed by atoms with Gasteiger partial charge in [0.2, 0.25) is 0 Å². The minimum absolute atomic E-state index is 0.175. The van der Waals surface area contributed by atoms with Crippen molar-refractivity contribution in [2.24, 2.45) is 17.8 Å². The van der Waals surface area contributed by atoms with Gasteiger partial charge in [-0.2, -0.15) is 0 Å². The second-order valence-electron chi connectivity index (χ2n) is 13.2. The quantitative estimate of drug-likeness (QED) is 0.445. The zero-order chi connectivity index (χ0) is 23.8. The lowest BCUT2D eigenvalue weighted by Crippen LogP contribution is -2.48. The molecule has 7 fully saturated rings. The Morgan fingerprint density at radius 2 is 1.20 bits per heavy atom. The normalized spacial score (nSPS) is 38.4. The number of hydrogen-bond donors (Lipinski definition) is 0. The molecular formula is C29H40O6. The molecule has 7 aliphatic rings. The van der Waals surface area contributed by atoms with E-state index in [-0.39, 0.29) is 29.1 Å². The molecule has 3 atom stereocenters. The Morgan fingerprint density at radius 1 is 0.743 bits per heavy atom. The molecule has 3 saturated heterocycles. The van der Waals surface area contributed by atoms with Crippen LogP contribution < -0.4 is 14.2 Å². The number of ether oxygens (including phenoxy) is 6. The van der Waals surface area contributed by atoms with Crippen LogP contribution >= 0.6 is 0 Å². The van der Waals surface area contributed by atoms with Crippen molar-refractivity contribution in [3.63, 3.8) is 0 Å². The predicted octanol–water partition coefficient (Wildman–Crippen LogP) is 4.78. The molecule has 0 amide bonds. The fourth-order valence-corrected chi connectivity index (χ4v) is 7.57. The van der Waals surface area contributed by atoms with Crippen molar-refractivity contribution in [1.29, 1.82) is 0 Å². The molecule has 1 aromatic rings. The molecule has 3 unspecified atom stereocenters. The standard InChI is InChI=1S/C29H40O6/c1-28(2,3)25-26(34-15-21-12-31-21)23(29-8-17-4-18(9-29)6-19(5-17)10-29)7-24(33-14-20-11-30-20)27(25)35-16-22-13-32-22/h7,17-22H,4-6,8-16H2,1-3H3. The van der Waals surface area contributed by atoms with Crippen LogP contribution in [-0.4, -0.2) is 58.0 Å². The van der Waals surface area contributed by atoms with E-state index < -0.39 is 0 Å². The summed E-state index contributed by atoms with van der Waals surface area (Å²) in [5, 5.41) is 0. The molecule has 6 nitrogen and oxygen atoms in total. The van der Waals surface area contributed by atoms with Crippen LogP contribution in [0.25, 0.3) is 0 Å². The van der Waals surface area contributed by atoms with E-state index in [9.17, 15) is 0 Å². The molecule has 4 aliphatic carbocycles. The van der Waals surface area contributed by atoms with Gasteiger partial charge >= 0.3 is 0 Å². The van der Waals surface area contributed by atoms with Crippen LogP contribution in [0.2, 0.25) is 0 Å². The number of rotatable bonds is 10. The Morgan fingerprint density at radius 3 is 1.66 bits per heavy atom. The van der Waals surface area contributed by atoms with Crippen LogP contribution in [0, 0.1) is 17.8 Å². The second kappa shape index (κ2) is 8.26. The van der Waals surface area contributed by atoms with Crippen LogP contribution in [0.15, 0.2) is 6.07 Å². The lowest BCUT2D eigenvalue weighted by atomic mass is 9.47. The fraction of sp³-hybridized carbons (Fsp3) is 0.793. The summed E-state index contributed by atoms with van der Waals surface area (Å²) < 4.78 is 36.2. The molecule has 0 aromatic heterocycles. The summed E-state index contributed by atoms with van der Waals surface area (Å²) in [6.45, 7) is 10.8. The molecule has 0 spiro atoms. The summed E-state index contributed by atoms with van der Waals surface area (Å²) in [6, 6.07) is 2.30. The maximum atomic E-state index is 6.75. The third-order valence-electron chi connectivity index (χ3n) is 9.02. The number of benzene rings is 1. The molecule has 192 valence electrons. The van der Waals surface area contributed by atoms with Crippen LogP contribution in [0.3, 0.4) is 0 Å². The minimum atomic E-state index is -0.175. The molecule has 3 aliphatic heterocycles. The smallest absolute Gasteiger partial charge is 0.168 e. The van der Waals surface area contributed by atoms with Crippen molar-refractivity contribution in [2.45, 2.75) is 88.4 Å². The van der Waals surface area contributed by atoms with Crippen LogP contribution in [0.4, 0.5) is 0 Å². The van der Waals surface area contributed by atoms with Gasteiger partial charge in [-0.25, -0.2) is 0 Å². The van der Waals surface area contributed by atoms with E-state index >= 15 is 0 Å². The second-order valence-corrected chi connectivity index (χ2v) is 13.2. The molecule has 35 heavy (non-hydrogen) atoms. The summed E-state index contributed by atoms with van der Waals surface area (Å²) in [5.74, 6) is 5.28. The van der Waals surface area contributed by atoms with E-state index in [0.717, 1.165) is 60.4 Å². The first kappa shape index (κ1) is 22.7. The van der Waals surface area contributed by atoms with Gasteiger partial charge in [0, 0.05) is 11.1 Å². The van der Waals surface area contributed by atoms with E-state index in [2.05, 4.69) is 26.8 Å². The van der Waals surface area contributed by atoms with Gasteiger partial charge in [-0.15, -0.1) is 0 Å². The maximum Gasteiger partial charge on any atom is 0.168 e. The molecule has 0 radical (unpaired) electrons. The third kappa shape index (κ3) is 4.55. The van der Waals surface area contributed by atoms with Crippen molar-refractivity contribution in [2.75, 3.05) is 39.6 Å². The van der Waals surface area contributed by atoms with Gasteiger partial charge in [-0.1, -0.05) is 20.8 Å². The highest BCUT2D eigenvalue weighted by atomic mass is 16.6. The van der Waals surface area contributed by atoms with Gasteiger partial charge in [-0.05, 0) is 73.2 Å². The molecule has 8 rings (SSSR count). The predicted molar refractivity (Wildman–Crippen MR) is 131 cm³/mol. The summed E-state index contributed by atoms with van der Waals surface area (Å²) in [6.07, 6.45) is 8.67. The number of hydrogen-bond acceptors (Lipinski definition) is 6. The molecule has 0 N–H and O–H groups in total. The van der Waals surface area contributed by atoms with Crippen LogP contribution in [0.5, 0.6) is 17.2 Å². The first-order chi connectivity index (χ1) is 16.9. The Balaban J connectivity index is 1.36. The van der Waals surface area contributed by atoms with Crippen LogP contribution in [0.1, 0.15) is 70.4 Å². The van der Waals surface area contributed by atoms with Crippen molar-refractivity contribution >= 4 is 0 Å². The van der Waals surface area contributed by atoms with Gasteiger partial charge in [0.05, 0.1) is 19.8 Å². The van der Waals surface area contributed by atoms with Crippen molar-refractivity contribution in [3.8, 4) is 17.2 Å². The summed E-state index contributed by atoms with van der Waals surface area (Å²) >= 11 is 0. The first-order valence-electron chi connectivity index (χ1n) is 13.8. The third-order valence-corrected chi connectivity index (χ3v) is 9.02. The molecular weight excluding hydrogens is 444 g/mol. The average molecular weight is 485 g/mol. The topological polar surface area (TPSA) is 65.3 Å². The molecule has 6 heteroatoms. The Labute approximate surface area is 208 Å². The largest absolute Gasteiger partial charge is 0.490 e. The van der Waals surface area contributed by atoms with Gasteiger partial charge < -0.3 is 28.4 Å². The first-order valence-corrected chi connectivity index (χ1v) is 13.8. The maximum absolute atomic E-state index is 6.75. The molecule has 3 heterocycles. The fourth-order valence-electron chi connectivity index (χ4n) is 7.57. The molecule has 4 bridgehead atoms. The van der Waals surface area contributed by atoms with Gasteiger partial charge in [-0.3, -0.25) is 0 Å². The van der Waals surface area contributed by atoms with E-state index in [1.54, 1.807) is 0 Å². The van der Waals surface area contributed by atoms with Gasteiger partial charge in [0.15, 0.2) is 11.5 Å². The summed E-state index contributed by atoms with van der Waals surface area (Å²) in [4.78, 5) is 0. The Hall–Kier alpha value is -1.50. The zero-order valence-corrected chi connectivity index (χ0v) is 21.5. The lowest BCUT2D eigenvalue weighted by Gasteiger charge is -2.57. The van der Waals surface area contributed by atoms with Crippen molar-refractivity contribution in [1.82, 2.24) is 0 Å². The van der Waals surface area contributed by atoms with E-state index in [1.807, 2.05) is 0 Å². The SMILES string of the molecule is CC(C)(C)c1c(OCC2CO2)c(OCC2CO2)cc(C23CC4CC(CC(C4)C2)C3)c1OCC1CO1. The monoisotopic (exact) mass is 484 g/mol. The molecule has 1 aromatic carbocycles. The molecule has 4 saturated carbocycles. The van der Waals surface area contributed by atoms with E-state index in [4.69, 9.17) is 28.4 Å². The van der Waals surface area contributed by atoms with E-state index in [0.29, 0.717) is 19.8 Å². The minimum Gasteiger partial charge on any atom is -0.490 e. The Kier molecular flexibility index (Phi) is 5.35. The number of epoxide rings is 3. The Bertz CT molecular complexity index is 933. The van der Waals surface area contributed by atoms with Gasteiger partial charge in [0.1, 0.15) is 43.9 Å². The lowest BCUT2D eigenvalue weighted by molar-refractivity contribution is -0.00672. The highest BCUT2D eigenvalue weighted by Gasteiger charge is 2.53. The highest BCUT2D eigenvalue weighted by Crippen LogP contribution is 2.64. The summed E-state index contributed by atoms with van der Waals surface area (Å²) in [5.41, 5.74) is 2.51. The summed E-state index contributed by atoms with van der Waals surface area (Å²) in [7, 11) is 0. The van der Waals surface area contributed by atoms with Crippen molar-refractivity contribution in [3.05, 3.63) is 17.2 Å². The van der Waals surface area contributed by atoms with Crippen LogP contribution in [-0.2, 0) is 25.0 Å². The van der Waals surface area contributed by atoms with Crippen molar-refractivity contribution < 1.29 is 28.4 Å². The van der Waals surface area contributed by atoms with E-state index in [1.165, 1.54) is 44.1 Å². The highest BCUT2D eigenvalue weighted by molar-refractivity contribution is 5.63. The zero-order valence-electron chi connectivity index (χ0n) is 21.5. The van der Waals surface area contributed by atoms with Gasteiger partial charge in [0.25, 0.3) is 0 Å².